The van der Waals surface area contributed by atoms with Gasteiger partial charge < -0.3 is 5.32 Å². The highest BCUT2D eigenvalue weighted by molar-refractivity contribution is 9.10. The Morgan fingerprint density at radius 1 is 1.43 bits per heavy atom. The summed E-state index contributed by atoms with van der Waals surface area (Å²) in [6.45, 7) is 0. The van der Waals surface area contributed by atoms with Crippen LogP contribution in [0.3, 0.4) is 0 Å². The SMILES string of the molecule is O=C1Nc2cc(Br)c(F)cc2C12CC2. The van der Waals surface area contributed by atoms with E-state index in [9.17, 15) is 9.18 Å². The van der Waals surface area contributed by atoms with E-state index in [0.29, 0.717) is 4.47 Å². The first-order valence-electron chi connectivity index (χ1n) is 4.44. The Morgan fingerprint density at radius 3 is 2.79 bits per heavy atom. The molecule has 3 rings (SSSR count). The summed E-state index contributed by atoms with van der Waals surface area (Å²) in [5.41, 5.74) is 1.18. The summed E-state index contributed by atoms with van der Waals surface area (Å²) in [6, 6.07) is 3.10. The lowest BCUT2D eigenvalue weighted by atomic mass is 9.98. The number of amides is 1. The van der Waals surface area contributed by atoms with Gasteiger partial charge in [-0.05, 0) is 46.5 Å². The number of halogens is 2. The summed E-state index contributed by atoms with van der Waals surface area (Å²) < 4.78 is 13.7. The molecule has 1 amide bonds. The molecule has 0 radical (unpaired) electrons. The van der Waals surface area contributed by atoms with E-state index in [1.165, 1.54) is 6.07 Å². The van der Waals surface area contributed by atoms with Crippen LogP contribution < -0.4 is 5.32 Å². The number of fused-ring (bicyclic) bond motifs is 2. The van der Waals surface area contributed by atoms with Gasteiger partial charge in [0.2, 0.25) is 5.91 Å². The van der Waals surface area contributed by atoms with Gasteiger partial charge in [0.15, 0.2) is 0 Å². The summed E-state index contributed by atoms with van der Waals surface area (Å²) in [6.07, 6.45) is 1.68. The predicted molar refractivity (Wildman–Crippen MR) is 53.6 cm³/mol. The normalized spacial score (nSPS) is 20.9. The van der Waals surface area contributed by atoms with E-state index in [4.69, 9.17) is 0 Å². The number of anilines is 1. The molecule has 1 saturated carbocycles. The van der Waals surface area contributed by atoms with Crippen molar-refractivity contribution in [3.8, 4) is 0 Å². The maximum absolute atomic E-state index is 13.3. The molecule has 1 aromatic carbocycles. The van der Waals surface area contributed by atoms with Crippen molar-refractivity contribution >= 4 is 27.5 Å². The quantitative estimate of drug-likeness (QED) is 0.759. The third-order valence-electron chi connectivity index (χ3n) is 3.01. The molecule has 1 N–H and O–H groups in total. The molecule has 1 heterocycles. The Labute approximate surface area is 88.6 Å². The highest BCUT2D eigenvalue weighted by atomic mass is 79.9. The third-order valence-corrected chi connectivity index (χ3v) is 3.62. The molecule has 0 atom stereocenters. The zero-order valence-corrected chi connectivity index (χ0v) is 8.82. The fraction of sp³-hybridized carbons (Fsp3) is 0.300. The van der Waals surface area contributed by atoms with Crippen molar-refractivity contribution in [2.45, 2.75) is 18.3 Å². The van der Waals surface area contributed by atoms with Crippen LogP contribution >= 0.6 is 15.9 Å². The molecule has 72 valence electrons. The van der Waals surface area contributed by atoms with Crippen molar-refractivity contribution in [2.75, 3.05) is 5.32 Å². The maximum atomic E-state index is 13.3. The molecule has 0 saturated heterocycles. The second kappa shape index (κ2) is 2.37. The molecule has 14 heavy (non-hydrogen) atoms. The van der Waals surface area contributed by atoms with Crippen molar-refractivity contribution in [1.29, 1.82) is 0 Å². The van der Waals surface area contributed by atoms with Crippen LogP contribution in [0.25, 0.3) is 0 Å². The standard InChI is InChI=1S/C10H7BrFNO/c11-6-4-8-5(3-7(6)12)10(1-2-10)9(14)13-8/h3-4H,1-2H2,(H,13,14). The summed E-state index contributed by atoms with van der Waals surface area (Å²) in [7, 11) is 0. The lowest BCUT2D eigenvalue weighted by molar-refractivity contribution is -0.117. The Balaban J connectivity index is 2.24. The second-order valence-electron chi connectivity index (χ2n) is 3.85. The van der Waals surface area contributed by atoms with Gasteiger partial charge in [-0.1, -0.05) is 0 Å². The van der Waals surface area contributed by atoms with Gasteiger partial charge in [-0.3, -0.25) is 4.79 Å². The van der Waals surface area contributed by atoms with Crippen LogP contribution in [0.15, 0.2) is 16.6 Å². The average molecular weight is 256 g/mol. The van der Waals surface area contributed by atoms with E-state index in [-0.39, 0.29) is 11.7 Å². The minimum absolute atomic E-state index is 0.0185. The number of hydrogen-bond acceptors (Lipinski definition) is 1. The van der Waals surface area contributed by atoms with Crippen LogP contribution in [0.1, 0.15) is 18.4 Å². The largest absolute Gasteiger partial charge is 0.325 e. The van der Waals surface area contributed by atoms with E-state index >= 15 is 0 Å². The molecule has 2 nitrogen and oxygen atoms in total. The molecule has 0 unspecified atom stereocenters. The molecule has 1 fully saturated rings. The van der Waals surface area contributed by atoms with Gasteiger partial charge in [-0.25, -0.2) is 4.39 Å². The molecule has 1 aliphatic carbocycles. The van der Waals surface area contributed by atoms with Crippen LogP contribution in [0.5, 0.6) is 0 Å². The minimum atomic E-state index is -0.392. The highest BCUT2D eigenvalue weighted by Gasteiger charge is 2.56. The van der Waals surface area contributed by atoms with Crippen LogP contribution in [-0.2, 0) is 10.2 Å². The number of hydrogen-bond donors (Lipinski definition) is 1. The fourth-order valence-electron chi connectivity index (χ4n) is 2.03. The van der Waals surface area contributed by atoms with Gasteiger partial charge in [0, 0.05) is 5.69 Å². The van der Waals surface area contributed by atoms with Gasteiger partial charge in [-0.2, -0.15) is 0 Å². The Bertz CT molecular complexity index is 454. The van der Waals surface area contributed by atoms with Gasteiger partial charge in [0.1, 0.15) is 5.82 Å². The summed E-state index contributed by atoms with van der Waals surface area (Å²) in [5.74, 6) is -0.281. The monoisotopic (exact) mass is 255 g/mol. The van der Waals surface area contributed by atoms with Crippen molar-refractivity contribution < 1.29 is 9.18 Å². The Hall–Kier alpha value is -0.900. The highest BCUT2D eigenvalue weighted by Crippen LogP contribution is 2.55. The Morgan fingerprint density at radius 2 is 2.14 bits per heavy atom. The van der Waals surface area contributed by atoms with Crippen LogP contribution in [-0.4, -0.2) is 5.91 Å². The summed E-state index contributed by atoms with van der Waals surface area (Å²) in [5, 5.41) is 2.78. The first-order valence-corrected chi connectivity index (χ1v) is 5.24. The smallest absolute Gasteiger partial charge is 0.235 e. The van der Waals surface area contributed by atoms with E-state index in [1.54, 1.807) is 6.07 Å². The van der Waals surface area contributed by atoms with Gasteiger partial charge in [0.05, 0.1) is 9.89 Å². The van der Waals surface area contributed by atoms with Crippen LogP contribution in [0.4, 0.5) is 10.1 Å². The van der Waals surface area contributed by atoms with Crippen molar-refractivity contribution in [2.24, 2.45) is 0 Å². The molecule has 0 bridgehead atoms. The average Bonchev–Trinajstić information content (AvgIpc) is 2.87. The number of rotatable bonds is 0. The fourth-order valence-corrected chi connectivity index (χ4v) is 2.38. The molecule has 0 aromatic heterocycles. The first-order chi connectivity index (χ1) is 6.63. The van der Waals surface area contributed by atoms with Gasteiger partial charge in [0.25, 0.3) is 0 Å². The lowest BCUT2D eigenvalue weighted by Gasteiger charge is -2.04. The minimum Gasteiger partial charge on any atom is -0.325 e. The molecule has 1 spiro atoms. The molecule has 2 aliphatic rings. The first kappa shape index (κ1) is 8.41. The Kier molecular flexibility index (Phi) is 1.42. The number of carbonyl (C=O) groups is 1. The predicted octanol–water partition coefficient (Wildman–Crippen LogP) is 2.57. The van der Waals surface area contributed by atoms with Gasteiger partial charge in [-0.15, -0.1) is 0 Å². The summed E-state index contributed by atoms with van der Waals surface area (Å²) in [4.78, 5) is 11.6. The third kappa shape index (κ3) is 0.869. The zero-order valence-electron chi connectivity index (χ0n) is 7.23. The zero-order chi connectivity index (χ0) is 9.92. The number of nitrogens with one attached hydrogen (secondary N) is 1. The second-order valence-corrected chi connectivity index (χ2v) is 4.70. The van der Waals surface area contributed by atoms with E-state index in [0.717, 1.165) is 24.1 Å². The van der Waals surface area contributed by atoms with Crippen LogP contribution in [0, 0.1) is 5.82 Å². The topological polar surface area (TPSA) is 29.1 Å². The van der Waals surface area contributed by atoms with Crippen LogP contribution in [0.2, 0.25) is 0 Å². The van der Waals surface area contributed by atoms with E-state index in [1.807, 2.05) is 0 Å². The lowest BCUT2D eigenvalue weighted by Crippen LogP contribution is -2.18. The maximum Gasteiger partial charge on any atom is 0.235 e. The van der Waals surface area contributed by atoms with Crippen molar-refractivity contribution in [1.82, 2.24) is 0 Å². The molecular weight excluding hydrogens is 249 g/mol. The molecule has 1 aliphatic heterocycles. The number of benzene rings is 1. The number of carbonyl (C=O) groups excluding carboxylic acids is 1. The van der Waals surface area contributed by atoms with E-state index < -0.39 is 5.41 Å². The van der Waals surface area contributed by atoms with Crippen molar-refractivity contribution in [3.63, 3.8) is 0 Å². The van der Waals surface area contributed by atoms with Gasteiger partial charge >= 0.3 is 0 Å². The van der Waals surface area contributed by atoms with Crippen molar-refractivity contribution in [3.05, 3.63) is 28.0 Å². The molecular formula is C10H7BrFNO. The molecule has 4 heteroatoms. The van der Waals surface area contributed by atoms with E-state index in [2.05, 4.69) is 21.2 Å². The molecule has 1 aromatic rings. The summed E-state index contributed by atoms with van der Waals surface area (Å²) >= 11 is 3.10.